The van der Waals surface area contributed by atoms with Crippen molar-refractivity contribution >= 4 is 19.8 Å². The number of nitrogens with two attached hydrogens (primary N) is 1. The molecule has 0 saturated carbocycles. The summed E-state index contributed by atoms with van der Waals surface area (Å²) in [6, 6.07) is 0. The summed E-state index contributed by atoms with van der Waals surface area (Å²) in [5.41, 5.74) is 5.36. The summed E-state index contributed by atoms with van der Waals surface area (Å²) >= 11 is 0. The number of ether oxygens (including phenoxy) is 2. The third-order valence-electron chi connectivity index (χ3n) is 10.7. The van der Waals surface area contributed by atoms with Crippen LogP contribution in [0.1, 0.15) is 194 Å². The first-order valence-corrected chi connectivity index (χ1v) is 28.8. The lowest BCUT2D eigenvalue weighted by Crippen LogP contribution is -2.29. The van der Waals surface area contributed by atoms with Gasteiger partial charge in [-0.05, 0) is 116 Å². The van der Waals surface area contributed by atoms with Gasteiger partial charge in [-0.2, -0.15) is 0 Å². The van der Waals surface area contributed by atoms with E-state index in [1.807, 2.05) is 0 Å². The van der Waals surface area contributed by atoms with Crippen molar-refractivity contribution in [2.75, 3.05) is 26.4 Å². The van der Waals surface area contributed by atoms with Crippen molar-refractivity contribution < 1.29 is 37.6 Å². The van der Waals surface area contributed by atoms with Crippen molar-refractivity contribution in [3.05, 3.63) is 146 Å². The zero-order valence-corrected chi connectivity index (χ0v) is 45.3. The monoisotopic (exact) mass is 1000 g/mol. The fourth-order valence-corrected chi connectivity index (χ4v) is 7.52. The van der Waals surface area contributed by atoms with Crippen molar-refractivity contribution in [1.29, 1.82) is 0 Å². The van der Waals surface area contributed by atoms with E-state index in [4.69, 9.17) is 24.3 Å². The van der Waals surface area contributed by atoms with Crippen LogP contribution in [0, 0.1) is 0 Å². The summed E-state index contributed by atoms with van der Waals surface area (Å²) in [7, 11) is -4.40. The zero-order valence-electron chi connectivity index (χ0n) is 44.4. The second-order valence-electron chi connectivity index (χ2n) is 17.3. The molecule has 400 valence electrons. The first kappa shape index (κ1) is 66.9. The molecular formula is C61H98NO8P. The van der Waals surface area contributed by atoms with Gasteiger partial charge < -0.3 is 20.1 Å². The minimum atomic E-state index is -4.40. The number of phosphoric acid groups is 1. The molecule has 0 aliphatic rings. The first-order chi connectivity index (χ1) is 34.8. The van der Waals surface area contributed by atoms with E-state index >= 15 is 0 Å². The molecule has 71 heavy (non-hydrogen) atoms. The first-order valence-electron chi connectivity index (χ1n) is 27.3. The quantitative estimate of drug-likeness (QED) is 0.0264. The zero-order chi connectivity index (χ0) is 51.7. The Morgan fingerprint density at radius 3 is 1.10 bits per heavy atom. The molecule has 0 rings (SSSR count). The second kappa shape index (κ2) is 55.2. The number of rotatable bonds is 49. The maximum atomic E-state index is 12.7. The van der Waals surface area contributed by atoms with Crippen LogP contribution in [0.4, 0.5) is 0 Å². The molecule has 0 aliphatic heterocycles. The molecule has 9 nitrogen and oxygen atoms in total. The van der Waals surface area contributed by atoms with Gasteiger partial charge >= 0.3 is 19.8 Å². The maximum Gasteiger partial charge on any atom is 0.472 e. The Bertz CT molecular complexity index is 1660. The molecule has 0 aromatic carbocycles. The topological polar surface area (TPSA) is 134 Å². The Kier molecular flexibility index (Phi) is 52.0. The van der Waals surface area contributed by atoms with Crippen LogP contribution in [0.15, 0.2) is 146 Å². The molecule has 0 saturated heterocycles. The molecule has 0 fully saturated rings. The number of hydrogen-bond donors (Lipinski definition) is 2. The molecule has 0 radical (unpaired) electrons. The SMILES string of the molecule is CC/C=C\C/C=C\C/C=C\C/C=C\C/C=C\C/C=C\C/C=C\C/C=C\C/C=C\CCCCCCCCCCCC(=O)OC(COC(=O)CCCCC/C=C\C/C=C\C/C=C\CC)COP(=O)(O)OCCN. The van der Waals surface area contributed by atoms with Crippen LogP contribution >= 0.6 is 7.82 Å². The molecule has 0 bridgehead atoms. The van der Waals surface area contributed by atoms with E-state index in [1.54, 1.807) is 0 Å². The van der Waals surface area contributed by atoms with Crippen LogP contribution in [0.3, 0.4) is 0 Å². The van der Waals surface area contributed by atoms with Gasteiger partial charge in [0.2, 0.25) is 0 Å². The highest BCUT2D eigenvalue weighted by Gasteiger charge is 2.26. The van der Waals surface area contributed by atoms with Crippen molar-refractivity contribution in [1.82, 2.24) is 0 Å². The fraction of sp³-hybridized carbons (Fsp3) is 0.574. The van der Waals surface area contributed by atoms with Crippen LogP contribution in [0.2, 0.25) is 0 Å². The molecule has 0 spiro atoms. The van der Waals surface area contributed by atoms with E-state index in [9.17, 15) is 19.0 Å². The molecule has 2 unspecified atom stereocenters. The summed E-state index contributed by atoms with van der Waals surface area (Å²) < 4.78 is 32.9. The van der Waals surface area contributed by atoms with Gasteiger partial charge in [0.1, 0.15) is 6.61 Å². The van der Waals surface area contributed by atoms with Crippen LogP contribution in [0.5, 0.6) is 0 Å². The molecule has 0 amide bonds. The Morgan fingerprint density at radius 1 is 0.423 bits per heavy atom. The van der Waals surface area contributed by atoms with Crippen LogP contribution in [-0.4, -0.2) is 49.3 Å². The van der Waals surface area contributed by atoms with Crippen LogP contribution < -0.4 is 5.73 Å². The normalized spacial score (nSPS) is 14.3. The molecular weight excluding hydrogens is 906 g/mol. The molecule has 3 N–H and O–H groups in total. The van der Waals surface area contributed by atoms with Crippen molar-refractivity contribution in [2.24, 2.45) is 5.73 Å². The summed E-state index contributed by atoms with van der Waals surface area (Å²) in [4.78, 5) is 35.0. The van der Waals surface area contributed by atoms with Gasteiger partial charge in [0.15, 0.2) is 6.10 Å². The number of phosphoric ester groups is 1. The number of esters is 2. The standard InChI is InChI=1S/C61H98NO8P/c1-3-5-7-9-11-13-15-17-18-19-20-21-22-23-24-25-26-27-28-29-30-31-32-33-34-35-36-37-38-39-40-42-44-46-48-50-52-54-61(64)70-59(58-69-71(65,66)68-56-55-62)57-67-60(63)53-51-49-47-45-43-41-16-14-12-10-8-6-4-2/h5-8,11-14,17-18,20-21,23-24,26-27,29-30,32-33,35-36,41,43,59H,3-4,9-10,15-16,19,22,25,28,31,34,37-40,42,44-58,62H2,1-2H3,(H,65,66)/b7-5-,8-6-,13-11-,14-12-,18-17-,21-20-,24-23-,27-26-,30-29-,33-32-,36-35-,43-41-. The largest absolute Gasteiger partial charge is 0.472 e. The molecule has 2 atom stereocenters. The van der Waals surface area contributed by atoms with Crippen LogP contribution in [-0.2, 0) is 32.7 Å². The van der Waals surface area contributed by atoms with Gasteiger partial charge in [0, 0.05) is 19.4 Å². The Hall–Kier alpha value is -4.11. The third kappa shape index (κ3) is 55.1. The molecule has 0 aromatic heterocycles. The smallest absolute Gasteiger partial charge is 0.462 e. The molecule has 0 aliphatic carbocycles. The second-order valence-corrected chi connectivity index (χ2v) is 18.8. The van der Waals surface area contributed by atoms with Gasteiger partial charge in [0.25, 0.3) is 0 Å². The van der Waals surface area contributed by atoms with E-state index in [2.05, 4.69) is 160 Å². The van der Waals surface area contributed by atoms with E-state index in [-0.39, 0.29) is 32.6 Å². The molecule has 0 heterocycles. The highest BCUT2D eigenvalue weighted by atomic mass is 31.2. The minimum absolute atomic E-state index is 0.0406. The fourth-order valence-electron chi connectivity index (χ4n) is 6.76. The number of unbranched alkanes of at least 4 members (excludes halogenated alkanes) is 12. The maximum absolute atomic E-state index is 12.7. The lowest BCUT2D eigenvalue weighted by Gasteiger charge is -2.19. The highest BCUT2D eigenvalue weighted by Crippen LogP contribution is 2.43. The predicted octanol–water partition coefficient (Wildman–Crippen LogP) is 17.2. The molecule has 10 heteroatoms. The number of carbonyl (C=O) groups is 2. The average molecular weight is 1000 g/mol. The van der Waals surface area contributed by atoms with Gasteiger partial charge in [-0.3, -0.25) is 18.6 Å². The summed E-state index contributed by atoms with van der Waals surface area (Å²) in [5.74, 6) is -0.882. The van der Waals surface area contributed by atoms with E-state index in [0.717, 1.165) is 122 Å². The average Bonchev–Trinajstić information content (AvgIpc) is 3.36. The van der Waals surface area contributed by atoms with E-state index in [1.165, 1.54) is 32.1 Å². The Labute approximate surface area is 433 Å². The molecule has 0 aromatic rings. The number of carbonyl (C=O) groups excluding carboxylic acids is 2. The minimum Gasteiger partial charge on any atom is -0.462 e. The van der Waals surface area contributed by atoms with Gasteiger partial charge in [0.05, 0.1) is 13.2 Å². The third-order valence-corrected chi connectivity index (χ3v) is 11.7. The number of hydrogen-bond acceptors (Lipinski definition) is 8. The summed E-state index contributed by atoms with van der Waals surface area (Å²) in [6.45, 7) is 3.44. The van der Waals surface area contributed by atoms with Crippen molar-refractivity contribution in [3.63, 3.8) is 0 Å². The van der Waals surface area contributed by atoms with Gasteiger partial charge in [-0.15, -0.1) is 0 Å². The lowest BCUT2D eigenvalue weighted by atomic mass is 10.1. The van der Waals surface area contributed by atoms with Gasteiger partial charge in [-0.1, -0.05) is 211 Å². The van der Waals surface area contributed by atoms with E-state index < -0.39 is 32.5 Å². The van der Waals surface area contributed by atoms with Crippen LogP contribution in [0.25, 0.3) is 0 Å². The number of allylic oxidation sites excluding steroid dienone is 24. The predicted molar refractivity (Wildman–Crippen MR) is 302 cm³/mol. The summed E-state index contributed by atoms with van der Waals surface area (Å²) in [5, 5.41) is 0. The van der Waals surface area contributed by atoms with Crippen molar-refractivity contribution in [3.8, 4) is 0 Å². The van der Waals surface area contributed by atoms with Crippen molar-refractivity contribution in [2.45, 2.75) is 200 Å². The Morgan fingerprint density at radius 2 is 0.732 bits per heavy atom. The van der Waals surface area contributed by atoms with E-state index in [0.29, 0.717) is 12.8 Å². The van der Waals surface area contributed by atoms with Gasteiger partial charge in [-0.25, -0.2) is 4.57 Å². The lowest BCUT2D eigenvalue weighted by molar-refractivity contribution is -0.161. The summed E-state index contributed by atoms with van der Waals surface area (Å²) in [6.07, 6.45) is 79.1. The Balaban J connectivity index is 4.01. The highest BCUT2D eigenvalue weighted by molar-refractivity contribution is 7.47.